The molecule has 4 nitrogen and oxygen atoms in total. The number of hydrogen-bond donors (Lipinski definition) is 2. The van der Waals surface area contributed by atoms with Gasteiger partial charge in [0.1, 0.15) is 22.3 Å². The lowest BCUT2D eigenvalue weighted by atomic mass is 10.2. The molecule has 0 unspecified atom stereocenters. The SMILES string of the molecule is CC[C@H](CNC(=O)c1ccc[nH]c1=S)Oc1cccc(F)c1. The molecule has 0 aliphatic carbocycles. The number of carbonyl (C=O) groups excluding carboxylic acids is 1. The smallest absolute Gasteiger partial charge is 0.254 e. The summed E-state index contributed by atoms with van der Waals surface area (Å²) in [4.78, 5) is 14.9. The molecule has 0 aliphatic heterocycles. The lowest BCUT2D eigenvalue weighted by Gasteiger charge is -2.18. The normalized spacial score (nSPS) is 11.7. The molecule has 0 saturated carbocycles. The van der Waals surface area contributed by atoms with Gasteiger partial charge in [0, 0.05) is 12.3 Å². The third-order valence-corrected chi connectivity index (χ3v) is 3.45. The summed E-state index contributed by atoms with van der Waals surface area (Å²) in [6.07, 6.45) is 2.10. The second kappa shape index (κ2) is 7.70. The maximum absolute atomic E-state index is 13.1. The van der Waals surface area contributed by atoms with Crippen molar-refractivity contribution in [1.82, 2.24) is 10.3 Å². The van der Waals surface area contributed by atoms with Gasteiger partial charge in [-0.3, -0.25) is 4.79 Å². The number of nitrogens with one attached hydrogen (secondary N) is 2. The Hall–Kier alpha value is -2.21. The average molecular weight is 320 g/mol. The van der Waals surface area contributed by atoms with Gasteiger partial charge < -0.3 is 15.0 Å². The molecule has 22 heavy (non-hydrogen) atoms. The number of halogens is 1. The van der Waals surface area contributed by atoms with E-state index in [2.05, 4.69) is 10.3 Å². The maximum Gasteiger partial charge on any atom is 0.254 e. The molecule has 2 N–H and O–H groups in total. The molecule has 2 rings (SSSR count). The molecule has 0 saturated heterocycles. The molecule has 1 aromatic carbocycles. The van der Waals surface area contributed by atoms with E-state index in [1.807, 2.05) is 6.92 Å². The van der Waals surface area contributed by atoms with Crippen molar-refractivity contribution in [2.24, 2.45) is 0 Å². The van der Waals surface area contributed by atoms with Crippen LogP contribution in [-0.4, -0.2) is 23.5 Å². The number of aromatic nitrogens is 1. The van der Waals surface area contributed by atoms with Crippen molar-refractivity contribution in [3.63, 3.8) is 0 Å². The molecule has 0 fully saturated rings. The van der Waals surface area contributed by atoms with Crippen molar-refractivity contribution in [2.75, 3.05) is 6.54 Å². The quantitative estimate of drug-likeness (QED) is 0.801. The minimum atomic E-state index is -0.355. The fraction of sp³-hybridized carbons (Fsp3) is 0.250. The van der Waals surface area contributed by atoms with Gasteiger partial charge >= 0.3 is 0 Å². The Morgan fingerprint density at radius 2 is 2.23 bits per heavy atom. The van der Waals surface area contributed by atoms with Gasteiger partial charge in [-0.05, 0) is 30.7 Å². The van der Waals surface area contributed by atoms with Gasteiger partial charge in [0.15, 0.2) is 0 Å². The van der Waals surface area contributed by atoms with Crippen LogP contribution in [-0.2, 0) is 0 Å². The summed E-state index contributed by atoms with van der Waals surface area (Å²) >= 11 is 5.07. The van der Waals surface area contributed by atoms with E-state index in [1.54, 1.807) is 30.5 Å². The first-order chi connectivity index (χ1) is 10.6. The van der Waals surface area contributed by atoms with Crippen LogP contribution in [0.4, 0.5) is 4.39 Å². The van der Waals surface area contributed by atoms with Crippen molar-refractivity contribution in [3.05, 3.63) is 58.6 Å². The minimum Gasteiger partial charge on any atom is -0.489 e. The molecule has 1 aromatic heterocycles. The number of aromatic amines is 1. The first-order valence-electron chi connectivity index (χ1n) is 6.98. The van der Waals surface area contributed by atoms with E-state index >= 15 is 0 Å². The molecule has 0 spiro atoms. The van der Waals surface area contributed by atoms with Crippen LogP contribution in [0.2, 0.25) is 0 Å². The molecular formula is C16H17FN2O2S. The van der Waals surface area contributed by atoms with E-state index in [0.29, 0.717) is 28.9 Å². The summed E-state index contributed by atoms with van der Waals surface area (Å²) in [6.45, 7) is 2.25. The van der Waals surface area contributed by atoms with Gasteiger partial charge in [0.05, 0.1) is 12.1 Å². The molecule has 0 aliphatic rings. The van der Waals surface area contributed by atoms with Crippen LogP contribution in [0, 0.1) is 10.5 Å². The predicted molar refractivity (Wildman–Crippen MR) is 85.1 cm³/mol. The second-order valence-electron chi connectivity index (χ2n) is 4.73. The number of hydrogen-bond acceptors (Lipinski definition) is 3. The van der Waals surface area contributed by atoms with E-state index in [0.717, 1.165) is 0 Å². The summed E-state index contributed by atoms with van der Waals surface area (Å²) in [6, 6.07) is 9.30. The van der Waals surface area contributed by atoms with Crippen LogP contribution in [0.1, 0.15) is 23.7 Å². The summed E-state index contributed by atoms with van der Waals surface area (Å²) in [5.74, 6) is -0.173. The fourth-order valence-corrected chi connectivity index (χ4v) is 2.13. The zero-order valence-corrected chi connectivity index (χ0v) is 13.0. The minimum absolute atomic E-state index is 0.244. The molecule has 1 atom stereocenters. The monoisotopic (exact) mass is 320 g/mol. The van der Waals surface area contributed by atoms with E-state index in [9.17, 15) is 9.18 Å². The van der Waals surface area contributed by atoms with Crippen LogP contribution in [0.3, 0.4) is 0 Å². The van der Waals surface area contributed by atoms with E-state index in [-0.39, 0.29) is 17.8 Å². The van der Waals surface area contributed by atoms with Gasteiger partial charge in [-0.1, -0.05) is 25.2 Å². The maximum atomic E-state index is 13.1. The molecule has 2 aromatic rings. The Kier molecular flexibility index (Phi) is 5.66. The Morgan fingerprint density at radius 3 is 2.91 bits per heavy atom. The number of pyridine rings is 1. The van der Waals surface area contributed by atoms with Crippen LogP contribution in [0.15, 0.2) is 42.6 Å². The molecule has 6 heteroatoms. The Bertz CT molecular complexity index is 702. The Morgan fingerprint density at radius 1 is 1.41 bits per heavy atom. The van der Waals surface area contributed by atoms with Crippen molar-refractivity contribution in [3.8, 4) is 5.75 Å². The third kappa shape index (κ3) is 4.39. The molecule has 0 radical (unpaired) electrons. The van der Waals surface area contributed by atoms with Gasteiger partial charge in [-0.2, -0.15) is 0 Å². The zero-order chi connectivity index (χ0) is 15.9. The van der Waals surface area contributed by atoms with Crippen LogP contribution >= 0.6 is 12.2 Å². The van der Waals surface area contributed by atoms with Crippen LogP contribution < -0.4 is 10.1 Å². The highest BCUT2D eigenvalue weighted by molar-refractivity contribution is 7.71. The highest BCUT2D eigenvalue weighted by Crippen LogP contribution is 2.14. The van der Waals surface area contributed by atoms with Gasteiger partial charge in [-0.25, -0.2) is 4.39 Å². The second-order valence-corrected chi connectivity index (χ2v) is 5.14. The van der Waals surface area contributed by atoms with Crippen molar-refractivity contribution in [2.45, 2.75) is 19.4 Å². The average Bonchev–Trinajstić information content (AvgIpc) is 2.51. The molecule has 1 heterocycles. The van der Waals surface area contributed by atoms with E-state index < -0.39 is 0 Å². The molecule has 1 amide bonds. The summed E-state index contributed by atoms with van der Waals surface area (Å²) in [5.41, 5.74) is 0.415. The van der Waals surface area contributed by atoms with E-state index in [4.69, 9.17) is 17.0 Å². The Labute approximate surface area is 133 Å². The summed E-state index contributed by atoms with van der Waals surface area (Å²) < 4.78 is 19.2. The summed E-state index contributed by atoms with van der Waals surface area (Å²) in [7, 11) is 0. The summed E-state index contributed by atoms with van der Waals surface area (Å²) in [5, 5.41) is 2.78. The highest BCUT2D eigenvalue weighted by Gasteiger charge is 2.12. The predicted octanol–water partition coefficient (Wildman–Crippen LogP) is 3.47. The standard InChI is InChI=1S/C16H17FN2O2S/c1-2-12(21-13-6-3-5-11(17)9-13)10-19-15(20)14-7-4-8-18-16(14)22/h3-9,12H,2,10H2,1H3,(H,18,22)(H,19,20)/t12-/m1/s1. The van der Waals surface area contributed by atoms with Crippen molar-refractivity contribution in [1.29, 1.82) is 0 Å². The zero-order valence-electron chi connectivity index (χ0n) is 12.1. The molecular weight excluding hydrogens is 303 g/mol. The number of amides is 1. The third-order valence-electron chi connectivity index (χ3n) is 3.11. The first kappa shape index (κ1) is 16.2. The fourth-order valence-electron chi connectivity index (χ4n) is 1.90. The van der Waals surface area contributed by atoms with E-state index in [1.165, 1.54) is 12.1 Å². The first-order valence-corrected chi connectivity index (χ1v) is 7.39. The number of H-pyrrole nitrogens is 1. The van der Waals surface area contributed by atoms with Crippen LogP contribution in [0.25, 0.3) is 0 Å². The van der Waals surface area contributed by atoms with Gasteiger partial charge in [0.2, 0.25) is 0 Å². The number of carbonyl (C=O) groups is 1. The molecule has 0 bridgehead atoms. The molecule has 116 valence electrons. The lowest BCUT2D eigenvalue weighted by Crippen LogP contribution is -2.35. The topological polar surface area (TPSA) is 54.1 Å². The number of rotatable bonds is 6. The van der Waals surface area contributed by atoms with Gasteiger partial charge in [0.25, 0.3) is 5.91 Å². The Balaban J connectivity index is 1.95. The lowest BCUT2D eigenvalue weighted by molar-refractivity contribution is 0.0925. The highest BCUT2D eigenvalue weighted by atomic mass is 32.1. The van der Waals surface area contributed by atoms with Crippen molar-refractivity contribution < 1.29 is 13.9 Å². The van der Waals surface area contributed by atoms with Crippen molar-refractivity contribution >= 4 is 18.1 Å². The van der Waals surface area contributed by atoms with Crippen LogP contribution in [0.5, 0.6) is 5.75 Å². The largest absolute Gasteiger partial charge is 0.489 e. The number of benzene rings is 1. The van der Waals surface area contributed by atoms with Gasteiger partial charge in [-0.15, -0.1) is 0 Å². The number of ether oxygens (including phenoxy) is 1.